The van der Waals surface area contributed by atoms with Crippen molar-refractivity contribution in [2.45, 2.75) is 18.4 Å². The molecule has 0 radical (unpaired) electrons. The number of halogens is 1. The summed E-state index contributed by atoms with van der Waals surface area (Å²) in [6.07, 6.45) is 1.63. The molecule has 0 saturated carbocycles. The van der Waals surface area contributed by atoms with Crippen LogP contribution in [0.5, 0.6) is 0 Å². The van der Waals surface area contributed by atoms with Crippen LogP contribution in [-0.2, 0) is 4.74 Å². The van der Waals surface area contributed by atoms with Gasteiger partial charge in [0.15, 0.2) is 0 Å². The number of ether oxygens (including phenoxy) is 1. The summed E-state index contributed by atoms with van der Waals surface area (Å²) in [6, 6.07) is 6.68. The van der Waals surface area contributed by atoms with Gasteiger partial charge in [0.1, 0.15) is 5.82 Å². The van der Waals surface area contributed by atoms with E-state index in [-0.39, 0.29) is 11.4 Å². The summed E-state index contributed by atoms with van der Waals surface area (Å²) >= 11 is 0. The summed E-state index contributed by atoms with van der Waals surface area (Å²) in [5.41, 5.74) is 6.10. The molecule has 1 aliphatic rings. The molecule has 0 aliphatic carbocycles. The van der Waals surface area contributed by atoms with E-state index in [2.05, 4.69) is 5.32 Å². The van der Waals surface area contributed by atoms with E-state index < -0.39 is 0 Å². The van der Waals surface area contributed by atoms with Gasteiger partial charge in [-0.15, -0.1) is 0 Å². The molecule has 1 aliphatic heterocycles. The molecule has 3 nitrogen and oxygen atoms in total. The van der Waals surface area contributed by atoms with E-state index in [1.165, 1.54) is 6.07 Å². The number of hydrogen-bond donors (Lipinski definition) is 2. The Kier molecular flexibility index (Phi) is 3.41. The minimum absolute atomic E-state index is 0.222. The van der Waals surface area contributed by atoms with Gasteiger partial charge < -0.3 is 15.8 Å². The SMILES string of the molecule is NCC1(Nc2ccccc2F)CCOCC1. The summed E-state index contributed by atoms with van der Waals surface area (Å²) in [5, 5.41) is 3.23. The Morgan fingerprint density at radius 1 is 1.31 bits per heavy atom. The number of nitrogens with two attached hydrogens (primary N) is 1. The highest BCUT2D eigenvalue weighted by Crippen LogP contribution is 2.26. The van der Waals surface area contributed by atoms with Crippen LogP contribution in [-0.4, -0.2) is 25.3 Å². The first-order chi connectivity index (χ1) is 7.76. The number of nitrogens with one attached hydrogen (secondary N) is 1. The lowest BCUT2D eigenvalue weighted by molar-refractivity contribution is 0.0627. The second-order valence-corrected chi connectivity index (χ2v) is 4.20. The molecule has 1 fully saturated rings. The van der Waals surface area contributed by atoms with E-state index in [4.69, 9.17) is 10.5 Å². The first-order valence-corrected chi connectivity index (χ1v) is 5.56. The Morgan fingerprint density at radius 2 is 2.00 bits per heavy atom. The average Bonchev–Trinajstić information content (AvgIpc) is 2.33. The summed E-state index contributed by atoms with van der Waals surface area (Å²) < 4.78 is 18.8. The third kappa shape index (κ3) is 2.33. The average molecular weight is 224 g/mol. The van der Waals surface area contributed by atoms with E-state index in [1.54, 1.807) is 12.1 Å². The third-order valence-corrected chi connectivity index (χ3v) is 3.11. The number of anilines is 1. The van der Waals surface area contributed by atoms with E-state index in [0.29, 0.717) is 25.4 Å². The molecule has 3 N–H and O–H groups in total. The molecule has 0 atom stereocenters. The number of hydrogen-bond acceptors (Lipinski definition) is 3. The van der Waals surface area contributed by atoms with Crippen LogP contribution in [0.1, 0.15) is 12.8 Å². The molecule has 4 heteroatoms. The fourth-order valence-corrected chi connectivity index (χ4v) is 1.99. The molecule has 0 spiro atoms. The van der Waals surface area contributed by atoms with Gasteiger partial charge in [0, 0.05) is 19.8 Å². The number of benzene rings is 1. The van der Waals surface area contributed by atoms with Crippen molar-refractivity contribution in [2.24, 2.45) is 5.73 Å². The highest BCUT2D eigenvalue weighted by atomic mass is 19.1. The van der Waals surface area contributed by atoms with Gasteiger partial charge in [0.25, 0.3) is 0 Å². The fraction of sp³-hybridized carbons (Fsp3) is 0.500. The van der Waals surface area contributed by atoms with Crippen molar-refractivity contribution >= 4 is 5.69 Å². The van der Waals surface area contributed by atoms with Gasteiger partial charge in [-0.3, -0.25) is 0 Å². The molecule has 1 saturated heterocycles. The largest absolute Gasteiger partial charge is 0.381 e. The zero-order valence-corrected chi connectivity index (χ0v) is 9.21. The Bertz CT molecular complexity index is 351. The quantitative estimate of drug-likeness (QED) is 0.822. The molecule has 16 heavy (non-hydrogen) atoms. The van der Waals surface area contributed by atoms with Crippen LogP contribution < -0.4 is 11.1 Å². The first-order valence-electron chi connectivity index (χ1n) is 5.56. The molecule has 0 bridgehead atoms. The third-order valence-electron chi connectivity index (χ3n) is 3.11. The van der Waals surface area contributed by atoms with Crippen molar-refractivity contribution < 1.29 is 9.13 Å². The van der Waals surface area contributed by atoms with Crippen molar-refractivity contribution in [3.8, 4) is 0 Å². The zero-order valence-electron chi connectivity index (χ0n) is 9.21. The molecule has 88 valence electrons. The van der Waals surface area contributed by atoms with Gasteiger partial charge >= 0.3 is 0 Å². The lowest BCUT2D eigenvalue weighted by Crippen LogP contribution is -2.49. The second-order valence-electron chi connectivity index (χ2n) is 4.20. The minimum Gasteiger partial charge on any atom is -0.381 e. The highest BCUT2D eigenvalue weighted by Gasteiger charge is 2.31. The van der Waals surface area contributed by atoms with Crippen LogP contribution in [0.15, 0.2) is 24.3 Å². The van der Waals surface area contributed by atoms with Crippen LogP contribution >= 0.6 is 0 Å². The zero-order chi connectivity index (χ0) is 11.4. The maximum absolute atomic E-state index is 13.5. The lowest BCUT2D eigenvalue weighted by atomic mass is 9.90. The molecule has 1 aromatic rings. The van der Waals surface area contributed by atoms with Crippen LogP contribution in [0, 0.1) is 5.82 Å². The van der Waals surface area contributed by atoms with Crippen molar-refractivity contribution in [3.05, 3.63) is 30.1 Å². The van der Waals surface area contributed by atoms with Crippen molar-refractivity contribution in [3.63, 3.8) is 0 Å². The summed E-state index contributed by atoms with van der Waals surface area (Å²) in [6.45, 7) is 1.85. The van der Waals surface area contributed by atoms with Crippen LogP contribution in [0.4, 0.5) is 10.1 Å². The Morgan fingerprint density at radius 3 is 2.62 bits per heavy atom. The second kappa shape index (κ2) is 4.80. The minimum atomic E-state index is -0.234. The smallest absolute Gasteiger partial charge is 0.146 e. The maximum atomic E-state index is 13.5. The Labute approximate surface area is 94.8 Å². The molecule has 2 rings (SSSR count). The van der Waals surface area contributed by atoms with Crippen molar-refractivity contribution in [2.75, 3.05) is 25.1 Å². The molecule has 0 unspecified atom stereocenters. The first kappa shape index (κ1) is 11.4. The van der Waals surface area contributed by atoms with Crippen LogP contribution in [0.2, 0.25) is 0 Å². The van der Waals surface area contributed by atoms with E-state index in [9.17, 15) is 4.39 Å². The Hall–Kier alpha value is -1.13. The van der Waals surface area contributed by atoms with Crippen molar-refractivity contribution in [1.29, 1.82) is 0 Å². The van der Waals surface area contributed by atoms with Gasteiger partial charge in [0.05, 0.1) is 11.2 Å². The Balaban J connectivity index is 2.15. The predicted octanol–water partition coefficient (Wildman–Crippen LogP) is 1.75. The molecular weight excluding hydrogens is 207 g/mol. The van der Waals surface area contributed by atoms with Gasteiger partial charge in [-0.05, 0) is 25.0 Å². The summed E-state index contributed by atoms with van der Waals surface area (Å²) in [4.78, 5) is 0. The van der Waals surface area contributed by atoms with E-state index >= 15 is 0 Å². The standard InChI is InChI=1S/C12H17FN2O/c13-10-3-1-2-4-11(10)15-12(9-14)5-7-16-8-6-12/h1-4,15H,5-9,14H2. The highest BCUT2D eigenvalue weighted by molar-refractivity contribution is 5.47. The fourth-order valence-electron chi connectivity index (χ4n) is 1.99. The summed E-state index contributed by atoms with van der Waals surface area (Å²) in [7, 11) is 0. The topological polar surface area (TPSA) is 47.3 Å². The van der Waals surface area contributed by atoms with E-state index in [0.717, 1.165) is 12.8 Å². The van der Waals surface area contributed by atoms with Gasteiger partial charge in [-0.1, -0.05) is 12.1 Å². The monoisotopic (exact) mass is 224 g/mol. The maximum Gasteiger partial charge on any atom is 0.146 e. The van der Waals surface area contributed by atoms with Gasteiger partial charge in [-0.25, -0.2) is 4.39 Å². The van der Waals surface area contributed by atoms with Gasteiger partial charge in [-0.2, -0.15) is 0 Å². The summed E-state index contributed by atoms with van der Waals surface area (Å²) in [5.74, 6) is -0.234. The van der Waals surface area contributed by atoms with Crippen LogP contribution in [0.25, 0.3) is 0 Å². The lowest BCUT2D eigenvalue weighted by Gasteiger charge is -2.37. The van der Waals surface area contributed by atoms with Gasteiger partial charge in [0.2, 0.25) is 0 Å². The van der Waals surface area contributed by atoms with Crippen molar-refractivity contribution in [1.82, 2.24) is 0 Å². The normalized spacial score (nSPS) is 19.4. The molecular formula is C12H17FN2O. The van der Waals surface area contributed by atoms with E-state index in [1.807, 2.05) is 6.07 Å². The molecule has 1 heterocycles. The molecule has 0 amide bonds. The molecule has 1 aromatic carbocycles. The number of para-hydroxylation sites is 1. The predicted molar refractivity (Wildman–Crippen MR) is 61.9 cm³/mol. The number of rotatable bonds is 3. The van der Waals surface area contributed by atoms with Crippen LogP contribution in [0.3, 0.4) is 0 Å². The molecule has 0 aromatic heterocycles.